The van der Waals surface area contributed by atoms with E-state index in [1.165, 1.54) is 28.0 Å². The molecule has 0 aliphatic carbocycles. The first-order chi connectivity index (χ1) is 9.63. The lowest BCUT2D eigenvalue weighted by molar-refractivity contribution is -0.141. The van der Waals surface area contributed by atoms with Crippen molar-refractivity contribution in [2.24, 2.45) is 0 Å². The number of urea groups is 1. The van der Waals surface area contributed by atoms with Crippen molar-refractivity contribution in [2.45, 2.75) is 31.2 Å². The molecule has 110 valence electrons. The lowest BCUT2D eigenvalue weighted by atomic mass is 10.2. The number of hydrogen-bond donors (Lipinski definition) is 2. The smallest absolute Gasteiger partial charge is 0.327 e. The third kappa shape index (κ3) is 3.43. The van der Waals surface area contributed by atoms with E-state index in [0.717, 1.165) is 12.1 Å². The van der Waals surface area contributed by atoms with Crippen LogP contribution in [0.1, 0.15) is 19.0 Å². The number of rotatable bonds is 5. The Morgan fingerprint density at radius 2 is 2.40 bits per heavy atom. The highest BCUT2D eigenvalue weighted by atomic mass is 32.2. The van der Waals surface area contributed by atoms with Gasteiger partial charge in [0.1, 0.15) is 6.04 Å². The van der Waals surface area contributed by atoms with Crippen molar-refractivity contribution in [3.8, 4) is 0 Å². The molecule has 2 unspecified atom stereocenters. The molecule has 1 aliphatic rings. The second kappa shape index (κ2) is 6.94. The van der Waals surface area contributed by atoms with Crippen LogP contribution in [-0.4, -0.2) is 50.7 Å². The summed E-state index contributed by atoms with van der Waals surface area (Å²) >= 11 is 3.04. The van der Waals surface area contributed by atoms with Gasteiger partial charge in [0.2, 0.25) is 0 Å². The molecule has 0 aromatic carbocycles. The fourth-order valence-corrected chi connectivity index (χ4v) is 4.03. The van der Waals surface area contributed by atoms with Crippen LogP contribution in [0.2, 0.25) is 0 Å². The fraction of sp³-hybridized carbons (Fsp3) is 0.583. The molecular weight excluding hydrogens is 298 g/mol. The molecule has 0 saturated carbocycles. The van der Waals surface area contributed by atoms with E-state index in [9.17, 15) is 14.7 Å². The van der Waals surface area contributed by atoms with Gasteiger partial charge in [-0.2, -0.15) is 0 Å². The number of nitrogens with one attached hydrogen (secondary N) is 1. The summed E-state index contributed by atoms with van der Waals surface area (Å²) in [5.41, 5.74) is 2.69. The van der Waals surface area contributed by atoms with Crippen LogP contribution in [0.15, 0.2) is 10.9 Å². The number of nitrogens with zero attached hydrogens (tertiary/aromatic N) is 2. The summed E-state index contributed by atoms with van der Waals surface area (Å²) < 4.78 is 0. The summed E-state index contributed by atoms with van der Waals surface area (Å²) in [4.78, 5) is 29.0. The molecule has 1 aromatic rings. The van der Waals surface area contributed by atoms with E-state index in [1.54, 1.807) is 5.51 Å². The van der Waals surface area contributed by atoms with Crippen molar-refractivity contribution in [3.63, 3.8) is 0 Å². The maximum Gasteiger partial charge on any atom is 0.327 e. The van der Waals surface area contributed by atoms with Gasteiger partial charge in [-0.25, -0.2) is 14.6 Å². The first kappa shape index (κ1) is 15.1. The average Bonchev–Trinajstić information content (AvgIpc) is 3.07. The standard InChI is InChI=1S/C12H17N3O3S2/c1-2-10-15(9(6-20-10)11(16)17)12(18)13-4-3-8-5-19-7-14-8/h5,7,9-10H,2-4,6H2,1H3,(H,13,18)(H,16,17). The van der Waals surface area contributed by atoms with Crippen LogP contribution in [0.25, 0.3) is 0 Å². The minimum Gasteiger partial charge on any atom is -0.480 e. The predicted molar refractivity (Wildman–Crippen MR) is 79.0 cm³/mol. The lowest BCUT2D eigenvalue weighted by Gasteiger charge is -2.26. The predicted octanol–water partition coefficient (Wildman–Crippen LogP) is 1.63. The molecule has 0 radical (unpaired) electrons. The molecule has 2 atom stereocenters. The zero-order valence-corrected chi connectivity index (χ0v) is 12.7. The Bertz CT molecular complexity index is 467. The quantitative estimate of drug-likeness (QED) is 0.863. The van der Waals surface area contributed by atoms with Crippen LogP contribution in [0.5, 0.6) is 0 Å². The summed E-state index contributed by atoms with van der Waals surface area (Å²) in [6.07, 6.45) is 1.40. The molecule has 1 saturated heterocycles. The highest BCUT2D eigenvalue weighted by molar-refractivity contribution is 8.00. The Hall–Kier alpha value is -1.28. The number of carbonyl (C=O) groups excluding carboxylic acids is 1. The molecule has 6 nitrogen and oxygen atoms in total. The zero-order valence-electron chi connectivity index (χ0n) is 11.1. The molecule has 2 rings (SSSR count). The Balaban J connectivity index is 1.90. The highest BCUT2D eigenvalue weighted by Crippen LogP contribution is 2.31. The SMILES string of the molecule is CCC1SCC(C(=O)O)N1C(=O)NCCc1cscn1. The van der Waals surface area contributed by atoms with E-state index in [0.29, 0.717) is 18.7 Å². The summed E-state index contributed by atoms with van der Waals surface area (Å²) in [5.74, 6) is -0.490. The number of amides is 2. The fourth-order valence-electron chi connectivity index (χ4n) is 2.09. The Kier molecular flexibility index (Phi) is 5.24. The van der Waals surface area contributed by atoms with Crippen LogP contribution in [-0.2, 0) is 11.2 Å². The molecule has 1 aliphatic heterocycles. The van der Waals surface area contributed by atoms with Crippen LogP contribution < -0.4 is 5.32 Å². The third-order valence-corrected chi connectivity index (χ3v) is 5.19. The van der Waals surface area contributed by atoms with Crippen molar-refractivity contribution in [2.75, 3.05) is 12.3 Å². The van der Waals surface area contributed by atoms with Gasteiger partial charge in [0.15, 0.2) is 0 Å². The third-order valence-electron chi connectivity index (χ3n) is 3.10. The molecule has 2 N–H and O–H groups in total. The van der Waals surface area contributed by atoms with Crippen molar-refractivity contribution in [3.05, 3.63) is 16.6 Å². The van der Waals surface area contributed by atoms with Gasteiger partial charge in [-0.3, -0.25) is 4.90 Å². The molecule has 0 bridgehead atoms. The maximum absolute atomic E-state index is 12.2. The first-order valence-electron chi connectivity index (χ1n) is 6.41. The zero-order chi connectivity index (χ0) is 14.5. The van der Waals surface area contributed by atoms with Crippen LogP contribution in [0, 0.1) is 0 Å². The van der Waals surface area contributed by atoms with E-state index in [4.69, 9.17) is 0 Å². The Morgan fingerprint density at radius 1 is 1.60 bits per heavy atom. The van der Waals surface area contributed by atoms with E-state index in [2.05, 4.69) is 10.3 Å². The monoisotopic (exact) mass is 315 g/mol. The second-order valence-corrected chi connectivity index (χ2v) is 6.35. The summed E-state index contributed by atoms with van der Waals surface area (Å²) in [5, 5.41) is 13.8. The molecule has 0 spiro atoms. The maximum atomic E-state index is 12.2. The summed E-state index contributed by atoms with van der Waals surface area (Å²) in [7, 11) is 0. The van der Waals surface area contributed by atoms with Crippen LogP contribution >= 0.6 is 23.1 Å². The first-order valence-corrected chi connectivity index (χ1v) is 8.40. The Labute approximate surface area is 125 Å². The minimum absolute atomic E-state index is 0.0598. The largest absolute Gasteiger partial charge is 0.480 e. The van der Waals surface area contributed by atoms with E-state index in [1.807, 2.05) is 12.3 Å². The van der Waals surface area contributed by atoms with Gasteiger partial charge in [-0.1, -0.05) is 6.92 Å². The minimum atomic E-state index is -0.942. The van der Waals surface area contributed by atoms with Crippen molar-refractivity contribution in [1.29, 1.82) is 0 Å². The lowest BCUT2D eigenvalue weighted by Crippen LogP contribution is -2.50. The van der Waals surface area contributed by atoms with E-state index in [-0.39, 0.29) is 11.4 Å². The molecule has 2 amide bonds. The van der Waals surface area contributed by atoms with Crippen molar-refractivity contribution >= 4 is 35.1 Å². The van der Waals surface area contributed by atoms with Gasteiger partial charge >= 0.3 is 12.0 Å². The molecular formula is C12H17N3O3S2. The Morgan fingerprint density at radius 3 is 3.00 bits per heavy atom. The highest BCUT2D eigenvalue weighted by Gasteiger charge is 2.40. The number of hydrogen-bond acceptors (Lipinski definition) is 5. The number of carbonyl (C=O) groups is 2. The topological polar surface area (TPSA) is 82.5 Å². The second-order valence-electron chi connectivity index (χ2n) is 4.42. The van der Waals surface area contributed by atoms with Crippen molar-refractivity contribution in [1.82, 2.24) is 15.2 Å². The number of carboxylic acids is 1. The molecule has 8 heteroatoms. The van der Waals surface area contributed by atoms with Gasteiger partial charge in [-0.05, 0) is 6.42 Å². The van der Waals surface area contributed by atoms with Crippen LogP contribution in [0.4, 0.5) is 4.79 Å². The van der Waals surface area contributed by atoms with Gasteiger partial charge in [-0.15, -0.1) is 23.1 Å². The average molecular weight is 315 g/mol. The molecule has 1 aromatic heterocycles. The summed E-state index contributed by atoms with van der Waals surface area (Å²) in [6, 6.07) is -1.03. The number of thiazole rings is 1. The van der Waals surface area contributed by atoms with E-state index >= 15 is 0 Å². The van der Waals surface area contributed by atoms with Crippen LogP contribution in [0.3, 0.4) is 0 Å². The van der Waals surface area contributed by atoms with E-state index < -0.39 is 12.0 Å². The van der Waals surface area contributed by atoms with Gasteiger partial charge in [0, 0.05) is 24.1 Å². The number of aromatic nitrogens is 1. The molecule has 20 heavy (non-hydrogen) atoms. The number of carboxylic acid groups (broad SMARTS) is 1. The number of thioether (sulfide) groups is 1. The normalized spacial score (nSPS) is 21.9. The van der Waals surface area contributed by atoms with Crippen molar-refractivity contribution < 1.29 is 14.7 Å². The van der Waals surface area contributed by atoms with Gasteiger partial charge < -0.3 is 10.4 Å². The van der Waals surface area contributed by atoms with Gasteiger partial charge in [0.25, 0.3) is 0 Å². The molecule has 2 heterocycles. The summed E-state index contributed by atoms with van der Waals surface area (Å²) in [6.45, 7) is 2.42. The van der Waals surface area contributed by atoms with Gasteiger partial charge in [0.05, 0.1) is 16.6 Å². The molecule has 1 fully saturated rings. The number of aliphatic carboxylic acids is 1.